The molecule has 2 atom stereocenters. The molecule has 2 aromatic carbocycles. The summed E-state index contributed by atoms with van der Waals surface area (Å²) >= 11 is 1.66. The minimum Gasteiger partial charge on any atom is -0.331 e. The summed E-state index contributed by atoms with van der Waals surface area (Å²) in [6, 6.07) is 18.8. The van der Waals surface area contributed by atoms with Crippen LogP contribution in [0.1, 0.15) is 42.4 Å². The molecule has 0 spiro atoms. The highest BCUT2D eigenvalue weighted by molar-refractivity contribution is 7.18. The highest BCUT2D eigenvalue weighted by atomic mass is 32.1. The third-order valence-electron chi connectivity index (χ3n) is 7.40. The fourth-order valence-corrected chi connectivity index (χ4v) is 6.38. The second kappa shape index (κ2) is 11.4. The fraction of sp³-hybridized carbons (Fsp3) is 0.333. The van der Waals surface area contributed by atoms with Crippen molar-refractivity contribution >= 4 is 46.3 Å². The number of likely N-dealkylation sites (tertiary alicyclic amines) is 2. The van der Waals surface area contributed by atoms with Crippen LogP contribution in [0.15, 0.2) is 60.7 Å². The van der Waals surface area contributed by atoms with Crippen LogP contribution in [0.25, 0.3) is 20.9 Å². The van der Waals surface area contributed by atoms with E-state index in [1.807, 2.05) is 48.5 Å². The van der Waals surface area contributed by atoms with Crippen LogP contribution in [0.3, 0.4) is 0 Å². The van der Waals surface area contributed by atoms with Gasteiger partial charge in [0.05, 0.1) is 0 Å². The average Bonchev–Trinajstić information content (AvgIpc) is 3.70. The summed E-state index contributed by atoms with van der Waals surface area (Å²) in [7, 11) is 0. The van der Waals surface area contributed by atoms with Gasteiger partial charge in [0.2, 0.25) is 23.6 Å². The number of hydrogen-bond acceptors (Lipinski definition) is 5. The molecule has 0 aliphatic carbocycles. The summed E-state index contributed by atoms with van der Waals surface area (Å²) in [5.74, 6) is -0.428. The fourth-order valence-electron chi connectivity index (χ4n) is 5.37. The summed E-state index contributed by atoms with van der Waals surface area (Å²) in [5, 5.41) is 5.89. The summed E-state index contributed by atoms with van der Waals surface area (Å²) in [6.45, 7) is 4.27. The molecule has 0 unspecified atom stereocenters. The van der Waals surface area contributed by atoms with Gasteiger partial charge in [-0.1, -0.05) is 24.3 Å². The minimum atomic E-state index is -0.403. The number of rotatable bonds is 6. The molecule has 2 saturated heterocycles. The topological polar surface area (TPSA) is 98.8 Å². The Balaban J connectivity index is 0.00000231. The van der Waals surface area contributed by atoms with Gasteiger partial charge in [-0.15, -0.1) is 11.3 Å². The van der Waals surface area contributed by atoms with E-state index in [-0.39, 0.29) is 26.5 Å². The number of thiophene rings is 1. The van der Waals surface area contributed by atoms with Crippen molar-refractivity contribution in [3.8, 4) is 20.9 Å². The van der Waals surface area contributed by atoms with Crippen molar-refractivity contribution < 1.29 is 22.0 Å². The largest absolute Gasteiger partial charge is 0.331 e. The predicted octanol–water partition coefficient (Wildman–Crippen LogP) is 5.47. The van der Waals surface area contributed by atoms with Gasteiger partial charge < -0.3 is 20.4 Å². The van der Waals surface area contributed by atoms with Crippen LogP contribution in [0.5, 0.6) is 0 Å². The third kappa shape index (κ3) is 5.88. The van der Waals surface area contributed by atoms with Gasteiger partial charge in [0, 0.05) is 50.9 Å². The molecule has 1 aromatic heterocycles. The Morgan fingerprint density at radius 1 is 0.667 bits per heavy atom. The van der Waals surface area contributed by atoms with Crippen LogP contribution < -0.4 is 10.6 Å². The summed E-state index contributed by atoms with van der Waals surface area (Å²) in [6.07, 6.45) is 3.06. The highest BCUT2D eigenvalue weighted by Gasteiger charge is 2.33. The maximum absolute atomic E-state index is 12.7. The molecule has 0 saturated carbocycles. The van der Waals surface area contributed by atoms with Crippen molar-refractivity contribution in [1.82, 2.24) is 9.80 Å². The maximum Gasteiger partial charge on any atom is 0.247 e. The van der Waals surface area contributed by atoms with Crippen LogP contribution >= 0.6 is 11.3 Å². The van der Waals surface area contributed by atoms with E-state index in [0.717, 1.165) is 33.7 Å². The minimum absolute atomic E-state index is 0. The number of nitrogens with zero attached hydrogens (tertiary/aromatic N) is 2. The molecule has 0 radical (unpaired) electrons. The molecule has 2 fully saturated rings. The monoisotopic (exact) mass is 548 g/mol. The van der Waals surface area contributed by atoms with E-state index < -0.39 is 12.1 Å². The van der Waals surface area contributed by atoms with Crippen molar-refractivity contribution in [2.75, 3.05) is 23.7 Å². The zero-order chi connectivity index (χ0) is 27.5. The molecule has 3 aromatic rings. The molecule has 2 aliphatic rings. The second-order valence-electron chi connectivity index (χ2n) is 10.0. The van der Waals surface area contributed by atoms with E-state index in [9.17, 15) is 19.2 Å². The Hall–Kier alpha value is -3.98. The lowest BCUT2D eigenvalue weighted by Gasteiger charge is -2.22. The van der Waals surface area contributed by atoms with Gasteiger partial charge >= 0.3 is 0 Å². The van der Waals surface area contributed by atoms with Gasteiger partial charge in [-0.3, -0.25) is 19.2 Å². The van der Waals surface area contributed by atoms with Crippen LogP contribution in [-0.4, -0.2) is 58.6 Å². The number of benzene rings is 2. The predicted molar refractivity (Wildman–Crippen MR) is 157 cm³/mol. The zero-order valence-corrected chi connectivity index (χ0v) is 22.9. The van der Waals surface area contributed by atoms with Gasteiger partial charge in [0.25, 0.3) is 0 Å². The van der Waals surface area contributed by atoms with Crippen molar-refractivity contribution in [2.45, 2.75) is 51.6 Å². The van der Waals surface area contributed by atoms with Gasteiger partial charge in [-0.05, 0) is 73.2 Å². The van der Waals surface area contributed by atoms with Gasteiger partial charge in [-0.25, -0.2) is 0 Å². The Labute approximate surface area is 235 Å². The Bertz CT molecular complexity index is 1290. The van der Waals surface area contributed by atoms with E-state index >= 15 is 0 Å². The van der Waals surface area contributed by atoms with Crippen LogP contribution in [0, 0.1) is 0 Å². The quantitative estimate of drug-likeness (QED) is 0.427. The molecule has 9 heteroatoms. The summed E-state index contributed by atoms with van der Waals surface area (Å²) < 4.78 is 0. The number of carbonyl (C=O) groups excluding carboxylic acids is 4. The smallest absolute Gasteiger partial charge is 0.247 e. The third-order valence-corrected chi connectivity index (χ3v) is 8.58. The number of nitrogens with one attached hydrogen (secondary N) is 2. The molecule has 4 amide bonds. The van der Waals surface area contributed by atoms with Gasteiger partial charge in [-0.2, -0.15) is 0 Å². The standard InChI is InChI=1S/C30H32N4O4S.2H2/c1-19(35)33-17-3-5-25(33)29(37)31-23-11-7-21(8-12-23)27-15-16-28(39-27)22-9-13-24(14-10-22)32-30(38)26-6-4-18-34(26)20(2)36;;/h7-16,25-26H,3-6,17-18H2,1-2H3,(H,31,37)(H,32,38);2*1H/t25-,26-;;/m0../s1. The SMILES string of the molecule is CC(=O)N1CCC[C@H]1C(=O)Nc1ccc(-c2ccc(-c3ccc(NC(=O)[C@@H]4CCCN4C(C)=O)cc3)s2)cc1.[HH].[HH]. The lowest BCUT2D eigenvalue weighted by Crippen LogP contribution is -2.42. The summed E-state index contributed by atoms with van der Waals surface area (Å²) in [4.78, 5) is 54.4. The molecule has 0 bridgehead atoms. The van der Waals surface area contributed by atoms with Crippen molar-refractivity contribution in [1.29, 1.82) is 0 Å². The van der Waals surface area contributed by atoms with Crippen molar-refractivity contribution in [3.05, 3.63) is 60.7 Å². The van der Waals surface area contributed by atoms with Crippen LogP contribution in [-0.2, 0) is 19.2 Å². The number of amides is 4. The van der Waals surface area contributed by atoms with Crippen LogP contribution in [0.2, 0.25) is 0 Å². The Kier molecular flexibility index (Phi) is 7.79. The average molecular weight is 549 g/mol. The van der Waals surface area contributed by atoms with Crippen LogP contribution in [0.4, 0.5) is 11.4 Å². The van der Waals surface area contributed by atoms with Crippen molar-refractivity contribution in [2.24, 2.45) is 0 Å². The first-order valence-corrected chi connectivity index (χ1v) is 14.1. The molecule has 5 rings (SSSR count). The highest BCUT2D eigenvalue weighted by Crippen LogP contribution is 2.35. The lowest BCUT2D eigenvalue weighted by atomic mass is 10.1. The molecule has 3 heterocycles. The first-order chi connectivity index (χ1) is 18.8. The lowest BCUT2D eigenvalue weighted by molar-refractivity contribution is -0.134. The zero-order valence-electron chi connectivity index (χ0n) is 22.1. The van der Waals surface area contributed by atoms with E-state index in [1.54, 1.807) is 21.1 Å². The molecule has 8 nitrogen and oxygen atoms in total. The van der Waals surface area contributed by atoms with Gasteiger partial charge in [0.15, 0.2) is 0 Å². The molecular weight excluding hydrogens is 512 g/mol. The van der Waals surface area contributed by atoms with E-state index in [4.69, 9.17) is 0 Å². The number of carbonyl (C=O) groups is 4. The first kappa shape index (κ1) is 26.6. The second-order valence-corrected chi connectivity index (χ2v) is 11.1. The number of hydrogen-bond donors (Lipinski definition) is 2. The maximum atomic E-state index is 12.7. The molecular formula is C30H36N4O4S. The van der Waals surface area contributed by atoms with E-state index in [2.05, 4.69) is 22.8 Å². The first-order valence-electron chi connectivity index (χ1n) is 13.3. The van der Waals surface area contributed by atoms with Crippen molar-refractivity contribution in [3.63, 3.8) is 0 Å². The van der Waals surface area contributed by atoms with E-state index in [1.165, 1.54) is 13.8 Å². The molecule has 2 N–H and O–H groups in total. The Morgan fingerprint density at radius 2 is 1.05 bits per heavy atom. The normalized spacial score (nSPS) is 18.7. The van der Waals surface area contributed by atoms with Gasteiger partial charge in [0.1, 0.15) is 12.1 Å². The molecule has 2 aliphatic heterocycles. The number of anilines is 2. The summed E-state index contributed by atoms with van der Waals surface area (Å²) in [5.41, 5.74) is 3.51. The Morgan fingerprint density at radius 3 is 1.41 bits per heavy atom. The van der Waals surface area contributed by atoms with E-state index in [0.29, 0.717) is 37.3 Å². The molecule has 206 valence electrons. The molecule has 39 heavy (non-hydrogen) atoms.